The van der Waals surface area contributed by atoms with Gasteiger partial charge in [0.25, 0.3) is 0 Å². The Bertz CT molecular complexity index is 723. The fourth-order valence-electron chi connectivity index (χ4n) is 2.99. The van der Waals surface area contributed by atoms with Crippen molar-refractivity contribution in [3.05, 3.63) is 18.2 Å². The molecule has 1 aromatic carbocycles. The summed E-state index contributed by atoms with van der Waals surface area (Å²) in [7, 11) is 3.54. The Morgan fingerprint density at radius 2 is 2.12 bits per heavy atom. The average molecular weight is 349 g/mol. The van der Waals surface area contributed by atoms with Crippen LogP contribution in [0.2, 0.25) is 0 Å². The van der Waals surface area contributed by atoms with Crippen LogP contribution in [-0.4, -0.2) is 61.8 Å². The maximum Gasteiger partial charge on any atom is 0.242 e. The average Bonchev–Trinajstić information content (AvgIpc) is 2.98. The number of ether oxygens (including phenoxy) is 2. The quantitative estimate of drug-likeness (QED) is 0.848. The smallest absolute Gasteiger partial charge is 0.242 e. The lowest BCUT2D eigenvalue weighted by atomic mass is 10.2. The molecule has 0 aliphatic carbocycles. The Hall–Kier alpha value is -1.86. The molecule has 6 nitrogen and oxygen atoms in total. The van der Waals surface area contributed by atoms with E-state index in [9.17, 15) is 4.79 Å². The van der Waals surface area contributed by atoms with Gasteiger partial charge in [-0.2, -0.15) is 0 Å². The second-order valence-corrected chi connectivity index (χ2v) is 7.22. The van der Waals surface area contributed by atoms with Gasteiger partial charge in [0, 0.05) is 20.1 Å². The Morgan fingerprint density at radius 1 is 1.42 bits per heavy atom. The van der Waals surface area contributed by atoms with Crippen molar-refractivity contribution in [3.8, 4) is 5.75 Å². The van der Waals surface area contributed by atoms with Crippen LogP contribution in [0, 0.1) is 0 Å². The van der Waals surface area contributed by atoms with Gasteiger partial charge in [0.1, 0.15) is 11.3 Å². The summed E-state index contributed by atoms with van der Waals surface area (Å²) < 4.78 is 12.1. The molecule has 0 radical (unpaired) electrons. The first-order valence-electron chi connectivity index (χ1n) is 8.06. The number of fused-ring (bicyclic) bond motifs is 1. The lowest BCUT2D eigenvalue weighted by Gasteiger charge is -2.36. The van der Waals surface area contributed by atoms with Crippen LogP contribution in [0.15, 0.2) is 18.2 Å². The molecule has 0 N–H and O–H groups in total. The van der Waals surface area contributed by atoms with E-state index < -0.39 is 0 Å². The molecule has 0 saturated carbocycles. The van der Waals surface area contributed by atoms with E-state index in [2.05, 4.69) is 4.98 Å². The molecule has 1 amide bonds. The number of carbonyl (C=O) groups is 1. The summed E-state index contributed by atoms with van der Waals surface area (Å²) in [6.07, 6.45) is 0.157. The number of benzene rings is 1. The van der Waals surface area contributed by atoms with Crippen molar-refractivity contribution < 1.29 is 14.3 Å². The zero-order chi connectivity index (χ0) is 17.3. The molecule has 1 fully saturated rings. The van der Waals surface area contributed by atoms with Crippen molar-refractivity contribution in [2.24, 2.45) is 0 Å². The fraction of sp³-hybridized carbons (Fsp3) is 0.529. The second-order valence-electron chi connectivity index (χ2n) is 6.22. The lowest BCUT2D eigenvalue weighted by Crippen LogP contribution is -2.50. The highest BCUT2D eigenvalue weighted by Crippen LogP contribution is 2.33. The Balaban J connectivity index is 1.72. The number of rotatable bonds is 4. The van der Waals surface area contributed by atoms with Gasteiger partial charge in [-0.1, -0.05) is 17.4 Å². The standard InChI is InChI=1S/C17H23N3O3S/c1-11-8-20(9-12(2)23-11)15(21)10-19(3)17-18-16-13(22-4)6-5-7-14(16)24-17/h5-7,11-12H,8-10H2,1-4H3. The van der Waals surface area contributed by atoms with Gasteiger partial charge in [-0.05, 0) is 26.0 Å². The first-order chi connectivity index (χ1) is 11.5. The van der Waals surface area contributed by atoms with E-state index in [1.807, 2.05) is 48.9 Å². The highest BCUT2D eigenvalue weighted by molar-refractivity contribution is 7.22. The molecule has 7 heteroatoms. The van der Waals surface area contributed by atoms with Crippen LogP contribution >= 0.6 is 11.3 Å². The summed E-state index contributed by atoms with van der Waals surface area (Å²) in [5, 5.41) is 0.817. The monoisotopic (exact) mass is 349 g/mol. The molecule has 0 spiro atoms. The molecule has 2 atom stereocenters. The van der Waals surface area contributed by atoms with Crippen LogP contribution < -0.4 is 9.64 Å². The predicted octanol–water partition coefficient (Wildman–Crippen LogP) is 2.38. The van der Waals surface area contributed by atoms with E-state index in [1.54, 1.807) is 18.4 Å². The van der Waals surface area contributed by atoms with Gasteiger partial charge in [-0.15, -0.1) is 0 Å². The normalized spacial score (nSPS) is 21.1. The summed E-state index contributed by atoms with van der Waals surface area (Å²) in [5.74, 6) is 0.858. The van der Waals surface area contributed by atoms with Crippen molar-refractivity contribution in [1.82, 2.24) is 9.88 Å². The molecule has 24 heavy (non-hydrogen) atoms. The first-order valence-corrected chi connectivity index (χ1v) is 8.87. The van der Waals surface area contributed by atoms with Crippen molar-refractivity contribution in [2.45, 2.75) is 26.1 Å². The summed E-state index contributed by atoms with van der Waals surface area (Å²) in [6, 6.07) is 5.86. The number of hydrogen-bond donors (Lipinski definition) is 0. The number of thiazole rings is 1. The van der Waals surface area contributed by atoms with Crippen molar-refractivity contribution >= 4 is 32.6 Å². The van der Waals surface area contributed by atoms with E-state index in [-0.39, 0.29) is 18.1 Å². The van der Waals surface area contributed by atoms with Crippen molar-refractivity contribution in [1.29, 1.82) is 0 Å². The number of anilines is 1. The number of hydrogen-bond acceptors (Lipinski definition) is 6. The maximum absolute atomic E-state index is 12.6. The molecule has 1 saturated heterocycles. The minimum absolute atomic E-state index is 0.0784. The van der Waals surface area contributed by atoms with Gasteiger partial charge in [-0.3, -0.25) is 4.79 Å². The van der Waals surface area contributed by atoms with Gasteiger partial charge in [0.15, 0.2) is 5.13 Å². The zero-order valence-corrected chi connectivity index (χ0v) is 15.3. The van der Waals surface area contributed by atoms with Gasteiger partial charge < -0.3 is 19.3 Å². The Labute approximate surface area is 146 Å². The maximum atomic E-state index is 12.6. The van der Waals surface area contributed by atoms with Crippen LogP contribution in [0.5, 0.6) is 5.75 Å². The molecule has 2 aromatic rings. The number of amides is 1. The zero-order valence-electron chi connectivity index (χ0n) is 14.5. The number of methoxy groups -OCH3 is 1. The van der Waals surface area contributed by atoms with Gasteiger partial charge in [0.2, 0.25) is 5.91 Å². The summed E-state index contributed by atoms with van der Waals surface area (Å²) >= 11 is 1.56. The fourth-order valence-corrected chi connectivity index (χ4v) is 3.94. The molecule has 2 heterocycles. The van der Waals surface area contributed by atoms with E-state index in [0.29, 0.717) is 19.6 Å². The highest BCUT2D eigenvalue weighted by Gasteiger charge is 2.26. The van der Waals surface area contributed by atoms with Gasteiger partial charge in [-0.25, -0.2) is 4.98 Å². The van der Waals surface area contributed by atoms with Gasteiger partial charge >= 0.3 is 0 Å². The number of carbonyl (C=O) groups excluding carboxylic acids is 1. The Morgan fingerprint density at radius 3 is 2.79 bits per heavy atom. The number of morpholine rings is 1. The van der Waals surface area contributed by atoms with E-state index in [4.69, 9.17) is 9.47 Å². The van der Waals surface area contributed by atoms with Crippen LogP contribution in [-0.2, 0) is 9.53 Å². The largest absolute Gasteiger partial charge is 0.494 e. The first kappa shape index (κ1) is 17.0. The molecule has 0 bridgehead atoms. The molecule has 1 aliphatic heterocycles. The van der Waals surface area contributed by atoms with Crippen molar-refractivity contribution in [3.63, 3.8) is 0 Å². The second kappa shape index (κ2) is 6.94. The molecular formula is C17H23N3O3S. The number of para-hydroxylation sites is 1. The minimum Gasteiger partial charge on any atom is -0.494 e. The molecular weight excluding hydrogens is 326 g/mol. The van der Waals surface area contributed by atoms with Crippen LogP contribution in [0.25, 0.3) is 10.2 Å². The van der Waals surface area contributed by atoms with E-state index >= 15 is 0 Å². The number of nitrogens with zero attached hydrogens (tertiary/aromatic N) is 3. The molecule has 2 unspecified atom stereocenters. The molecule has 1 aliphatic rings. The predicted molar refractivity (Wildman–Crippen MR) is 96.0 cm³/mol. The topological polar surface area (TPSA) is 54.9 Å². The minimum atomic E-state index is 0.0784. The lowest BCUT2D eigenvalue weighted by molar-refractivity contribution is -0.141. The highest BCUT2D eigenvalue weighted by atomic mass is 32.1. The van der Waals surface area contributed by atoms with Gasteiger partial charge in [0.05, 0.1) is 30.6 Å². The third kappa shape index (κ3) is 3.47. The molecule has 1 aromatic heterocycles. The third-order valence-corrected chi connectivity index (χ3v) is 5.20. The number of aromatic nitrogens is 1. The SMILES string of the molecule is COc1cccc2sc(N(C)CC(=O)N3CC(C)OC(C)C3)nc12. The third-order valence-electron chi connectivity index (χ3n) is 4.06. The molecule has 130 valence electrons. The van der Waals surface area contributed by atoms with E-state index in [1.165, 1.54) is 0 Å². The summed E-state index contributed by atoms with van der Waals surface area (Å²) in [4.78, 5) is 21.0. The van der Waals surface area contributed by atoms with Crippen molar-refractivity contribution in [2.75, 3.05) is 38.7 Å². The van der Waals surface area contributed by atoms with Crippen LogP contribution in [0.3, 0.4) is 0 Å². The summed E-state index contributed by atoms with van der Waals surface area (Å²) in [6.45, 7) is 5.59. The Kier molecular flexibility index (Phi) is 4.91. The van der Waals surface area contributed by atoms with E-state index in [0.717, 1.165) is 21.1 Å². The van der Waals surface area contributed by atoms with Crippen LogP contribution in [0.1, 0.15) is 13.8 Å². The summed E-state index contributed by atoms with van der Waals surface area (Å²) in [5.41, 5.74) is 0.841. The van der Waals surface area contributed by atoms with Crippen LogP contribution in [0.4, 0.5) is 5.13 Å². The number of likely N-dealkylation sites (N-methyl/N-ethyl adjacent to an activating group) is 1. The molecule has 3 rings (SSSR count).